The highest BCUT2D eigenvalue weighted by atomic mass is 32.2. The highest BCUT2D eigenvalue weighted by Crippen LogP contribution is 2.23. The summed E-state index contributed by atoms with van der Waals surface area (Å²) in [4.78, 5) is 1.17. The minimum Gasteiger partial charge on any atom is -0.398 e. The van der Waals surface area contributed by atoms with Gasteiger partial charge in [-0.15, -0.1) is 11.3 Å². The molecule has 1 aromatic carbocycles. The average Bonchev–Trinajstić information content (AvgIpc) is 2.97. The van der Waals surface area contributed by atoms with Gasteiger partial charge in [0.1, 0.15) is 4.90 Å². The number of sulfonamides is 1. The minimum atomic E-state index is -3.64. The molecule has 5 nitrogen and oxygen atoms in total. The van der Waals surface area contributed by atoms with Crippen LogP contribution in [0.25, 0.3) is 0 Å². The SMILES string of the molecule is CN(CCc1cccs1)S(=O)(=O)c1ccc(C#N)cc1N. The first kappa shape index (κ1) is 15.5. The highest BCUT2D eigenvalue weighted by molar-refractivity contribution is 7.89. The third-order valence-electron chi connectivity index (χ3n) is 3.08. The van der Waals surface area contributed by atoms with E-state index in [9.17, 15) is 8.42 Å². The summed E-state index contributed by atoms with van der Waals surface area (Å²) < 4.78 is 26.2. The van der Waals surface area contributed by atoms with E-state index in [-0.39, 0.29) is 10.6 Å². The Morgan fingerprint density at radius 2 is 2.14 bits per heavy atom. The van der Waals surface area contributed by atoms with Gasteiger partial charge >= 0.3 is 0 Å². The zero-order valence-electron chi connectivity index (χ0n) is 11.5. The van der Waals surface area contributed by atoms with E-state index in [2.05, 4.69) is 0 Å². The van der Waals surface area contributed by atoms with Crippen molar-refractivity contribution in [3.05, 3.63) is 46.2 Å². The Hall–Kier alpha value is -1.88. The molecule has 0 bridgehead atoms. The molecule has 2 aromatic rings. The van der Waals surface area contributed by atoms with Gasteiger partial charge in [0.15, 0.2) is 0 Å². The molecule has 1 heterocycles. The number of rotatable bonds is 5. The number of benzene rings is 1. The third-order valence-corrected chi connectivity index (χ3v) is 5.95. The van der Waals surface area contributed by atoms with E-state index in [1.165, 1.54) is 29.6 Å². The molecule has 21 heavy (non-hydrogen) atoms. The molecule has 0 aliphatic carbocycles. The van der Waals surface area contributed by atoms with Crippen molar-refractivity contribution in [2.24, 2.45) is 0 Å². The molecule has 0 saturated heterocycles. The van der Waals surface area contributed by atoms with Crippen molar-refractivity contribution in [3.63, 3.8) is 0 Å². The summed E-state index contributed by atoms with van der Waals surface area (Å²) in [7, 11) is -2.12. The van der Waals surface area contributed by atoms with Crippen molar-refractivity contribution in [3.8, 4) is 6.07 Å². The molecule has 0 aliphatic rings. The predicted octanol–water partition coefficient (Wildman–Crippen LogP) is 2.07. The number of nitrogens with two attached hydrogens (primary N) is 1. The van der Waals surface area contributed by atoms with Crippen LogP contribution < -0.4 is 5.73 Å². The van der Waals surface area contributed by atoms with Gasteiger partial charge in [-0.25, -0.2) is 12.7 Å². The number of likely N-dealkylation sites (N-methyl/N-ethyl adjacent to an activating group) is 1. The molecular weight excluding hydrogens is 306 g/mol. The molecule has 7 heteroatoms. The molecule has 1 aromatic heterocycles. The highest BCUT2D eigenvalue weighted by Gasteiger charge is 2.23. The van der Waals surface area contributed by atoms with Crippen LogP contribution in [0.2, 0.25) is 0 Å². The maximum absolute atomic E-state index is 12.5. The first-order valence-corrected chi connectivity index (χ1v) is 8.55. The van der Waals surface area contributed by atoms with E-state index < -0.39 is 10.0 Å². The minimum absolute atomic E-state index is 0.0372. The second-order valence-corrected chi connectivity index (χ2v) is 7.57. The zero-order chi connectivity index (χ0) is 15.5. The van der Waals surface area contributed by atoms with Gasteiger partial charge in [0.25, 0.3) is 0 Å². The lowest BCUT2D eigenvalue weighted by atomic mass is 10.2. The van der Waals surface area contributed by atoms with E-state index >= 15 is 0 Å². The summed E-state index contributed by atoms with van der Waals surface area (Å²) in [6.07, 6.45) is 0.656. The Balaban J connectivity index is 2.19. The largest absolute Gasteiger partial charge is 0.398 e. The summed E-state index contributed by atoms with van der Waals surface area (Å²) >= 11 is 1.60. The maximum atomic E-state index is 12.5. The topological polar surface area (TPSA) is 87.2 Å². The van der Waals surface area contributed by atoms with Gasteiger partial charge in [-0.2, -0.15) is 5.26 Å². The molecule has 0 amide bonds. The lowest BCUT2D eigenvalue weighted by Gasteiger charge is -2.18. The third kappa shape index (κ3) is 3.42. The molecule has 0 unspecified atom stereocenters. The van der Waals surface area contributed by atoms with Crippen molar-refractivity contribution in [2.45, 2.75) is 11.3 Å². The van der Waals surface area contributed by atoms with Gasteiger partial charge < -0.3 is 5.73 Å². The lowest BCUT2D eigenvalue weighted by molar-refractivity contribution is 0.474. The summed E-state index contributed by atoms with van der Waals surface area (Å²) in [5.74, 6) is 0. The van der Waals surface area contributed by atoms with Crippen LogP contribution in [0.15, 0.2) is 40.6 Å². The molecule has 0 fully saturated rings. The smallest absolute Gasteiger partial charge is 0.244 e. The summed E-state index contributed by atoms with van der Waals surface area (Å²) in [6, 6.07) is 10.1. The van der Waals surface area contributed by atoms with Crippen LogP contribution in [0.3, 0.4) is 0 Å². The molecule has 0 spiro atoms. The average molecular weight is 321 g/mol. The number of hydrogen-bond acceptors (Lipinski definition) is 5. The van der Waals surface area contributed by atoms with Crippen LogP contribution in [0.4, 0.5) is 5.69 Å². The van der Waals surface area contributed by atoms with E-state index in [1.807, 2.05) is 23.6 Å². The van der Waals surface area contributed by atoms with E-state index in [0.29, 0.717) is 18.5 Å². The Morgan fingerprint density at radius 3 is 2.71 bits per heavy atom. The van der Waals surface area contributed by atoms with Gasteiger partial charge in [-0.05, 0) is 36.1 Å². The fourth-order valence-corrected chi connectivity index (χ4v) is 3.83. The second kappa shape index (κ2) is 6.26. The summed E-state index contributed by atoms with van der Waals surface area (Å²) in [5.41, 5.74) is 6.19. The van der Waals surface area contributed by atoms with Gasteiger partial charge in [-0.3, -0.25) is 0 Å². The summed E-state index contributed by atoms with van der Waals surface area (Å²) in [6.45, 7) is 0.377. The molecule has 0 atom stereocenters. The molecule has 2 rings (SSSR count). The van der Waals surface area contributed by atoms with E-state index in [1.54, 1.807) is 11.3 Å². The number of thiophene rings is 1. The van der Waals surface area contributed by atoms with Crippen LogP contribution in [0.1, 0.15) is 10.4 Å². The van der Waals surface area contributed by atoms with Gasteiger partial charge in [0.05, 0.1) is 17.3 Å². The normalized spacial score (nSPS) is 11.5. The molecule has 0 radical (unpaired) electrons. The number of hydrogen-bond donors (Lipinski definition) is 1. The Labute approximate surface area is 128 Å². The van der Waals surface area contributed by atoms with Crippen LogP contribution in [-0.4, -0.2) is 26.3 Å². The van der Waals surface area contributed by atoms with Gasteiger partial charge in [-0.1, -0.05) is 6.07 Å². The van der Waals surface area contributed by atoms with Crippen LogP contribution >= 0.6 is 11.3 Å². The van der Waals surface area contributed by atoms with Crippen molar-refractivity contribution < 1.29 is 8.42 Å². The second-order valence-electron chi connectivity index (χ2n) is 4.52. The summed E-state index contributed by atoms with van der Waals surface area (Å²) in [5, 5.41) is 10.8. The van der Waals surface area contributed by atoms with Crippen molar-refractivity contribution >= 4 is 27.0 Å². The monoisotopic (exact) mass is 321 g/mol. The first-order chi connectivity index (χ1) is 9.95. The fraction of sp³-hybridized carbons (Fsp3) is 0.214. The Bertz CT molecular complexity index is 762. The molecular formula is C14H15N3O2S2. The van der Waals surface area contributed by atoms with Crippen LogP contribution in [0.5, 0.6) is 0 Å². The predicted molar refractivity (Wildman–Crippen MR) is 83.4 cm³/mol. The van der Waals surface area contributed by atoms with Crippen molar-refractivity contribution in [1.29, 1.82) is 5.26 Å². The maximum Gasteiger partial charge on any atom is 0.244 e. The number of nitriles is 1. The standard InChI is InChI=1S/C14H15N3O2S2/c1-17(7-6-12-3-2-8-20-12)21(18,19)14-5-4-11(10-15)9-13(14)16/h2-5,8-9H,6-7,16H2,1H3. The molecule has 2 N–H and O–H groups in total. The molecule has 0 aliphatic heterocycles. The van der Waals surface area contributed by atoms with Crippen LogP contribution in [-0.2, 0) is 16.4 Å². The lowest BCUT2D eigenvalue weighted by Crippen LogP contribution is -2.29. The van der Waals surface area contributed by atoms with Gasteiger partial charge in [0.2, 0.25) is 10.0 Å². The number of nitrogen functional groups attached to an aromatic ring is 1. The quantitative estimate of drug-likeness (QED) is 0.854. The van der Waals surface area contributed by atoms with E-state index in [4.69, 9.17) is 11.0 Å². The van der Waals surface area contributed by atoms with Crippen molar-refractivity contribution in [1.82, 2.24) is 4.31 Å². The van der Waals surface area contributed by atoms with E-state index in [0.717, 1.165) is 4.88 Å². The van der Waals surface area contributed by atoms with Crippen LogP contribution in [0, 0.1) is 11.3 Å². The van der Waals surface area contributed by atoms with Gasteiger partial charge in [0, 0.05) is 18.5 Å². The zero-order valence-corrected chi connectivity index (χ0v) is 13.1. The first-order valence-electron chi connectivity index (χ1n) is 6.23. The number of nitrogens with zero attached hydrogens (tertiary/aromatic N) is 2. The number of anilines is 1. The Kier molecular flexibility index (Phi) is 4.63. The Morgan fingerprint density at radius 1 is 1.38 bits per heavy atom. The van der Waals surface area contributed by atoms with Crippen molar-refractivity contribution in [2.75, 3.05) is 19.3 Å². The molecule has 0 saturated carbocycles. The molecule has 110 valence electrons. The fourth-order valence-electron chi connectivity index (χ4n) is 1.86.